The smallest absolute Gasteiger partial charge is 0.193 e. The van der Waals surface area contributed by atoms with Crippen molar-refractivity contribution in [2.75, 3.05) is 5.32 Å². The molecule has 0 bridgehead atoms. The lowest BCUT2D eigenvalue weighted by atomic mass is 10.1. The van der Waals surface area contributed by atoms with Crippen molar-refractivity contribution in [2.24, 2.45) is 0 Å². The zero-order chi connectivity index (χ0) is 14.1. The number of pyridine rings is 1. The molecule has 0 radical (unpaired) electrons. The molecule has 0 saturated heterocycles. The lowest BCUT2D eigenvalue weighted by Crippen LogP contribution is -2.00. The number of nitrogens with one attached hydrogen (secondary N) is 1. The Kier molecular flexibility index (Phi) is 3.55. The van der Waals surface area contributed by atoms with E-state index in [0.717, 1.165) is 27.9 Å². The second-order valence-electron chi connectivity index (χ2n) is 4.51. The van der Waals surface area contributed by atoms with Crippen molar-refractivity contribution in [1.82, 2.24) is 4.98 Å². The summed E-state index contributed by atoms with van der Waals surface area (Å²) in [6.45, 7) is 2.51. The zero-order valence-electron chi connectivity index (χ0n) is 10.8. The number of hydrogen-bond donors (Lipinski definition) is 1. The summed E-state index contributed by atoms with van der Waals surface area (Å²) in [6.07, 6.45) is 1.78. The van der Waals surface area contributed by atoms with Gasteiger partial charge in [0.05, 0.1) is 22.8 Å². The highest BCUT2D eigenvalue weighted by Crippen LogP contribution is 2.33. The lowest BCUT2D eigenvalue weighted by Gasteiger charge is -2.12. The van der Waals surface area contributed by atoms with Gasteiger partial charge in [0.2, 0.25) is 0 Å². The molecule has 0 spiro atoms. The van der Waals surface area contributed by atoms with Gasteiger partial charge in [-0.2, -0.15) is 0 Å². The topological polar surface area (TPSA) is 38.1 Å². The van der Waals surface area contributed by atoms with Crippen LogP contribution in [-0.4, -0.2) is 4.98 Å². The molecule has 2 heterocycles. The molecular formula is C15H12Cl2N2O. The van der Waals surface area contributed by atoms with Gasteiger partial charge in [-0.25, -0.2) is 0 Å². The van der Waals surface area contributed by atoms with Gasteiger partial charge in [0, 0.05) is 11.6 Å². The number of rotatable bonds is 3. The van der Waals surface area contributed by atoms with E-state index in [2.05, 4.69) is 10.3 Å². The highest BCUT2D eigenvalue weighted by atomic mass is 35.5. The van der Waals surface area contributed by atoms with Crippen LogP contribution in [0.25, 0.3) is 10.9 Å². The molecule has 0 aliphatic heterocycles. The van der Waals surface area contributed by atoms with Crippen molar-refractivity contribution in [3.8, 4) is 0 Å². The standard InChI is InChI=1S/C15H12Cl2N2O/c1-9-7-12(16)15(11-3-2-6-18-14(9)11)19-8-10-4-5-13(17)20-10/h2-7,19H,8H2,1H3. The van der Waals surface area contributed by atoms with E-state index in [1.807, 2.05) is 31.2 Å². The first-order valence-electron chi connectivity index (χ1n) is 6.17. The molecule has 5 heteroatoms. The molecule has 0 atom stereocenters. The van der Waals surface area contributed by atoms with Gasteiger partial charge in [0.25, 0.3) is 0 Å². The summed E-state index contributed by atoms with van der Waals surface area (Å²) in [7, 11) is 0. The highest BCUT2D eigenvalue weighted by Gasteiger charge is 2.10. The van der Waals surface area contributed by atoms with Gasteiger partial charge in [-0.1, -0.05) is 11.6 Å². The minimum Gasteiger partial charge on any atom is -0.448 e. The number of furan rings is 1. The average molecular weight is 307 g/mol. The minimum absolute atomic E-state index is 0.378. The van der Waals surface area contributed by atoms with Crippen LogP contribution in [0.15, 0.2) is 40.9 Å². The van der Waals surface area contributed by atoms with E-state index >= 15 is 0 Å². The van der Waals surface area contributed by atoms with Crippen molar-refractivity contribution in [3.05, 3.63) is 58.1 Å². The van der Waals surface area contributed by atoms with E-state index in [1.165, 1.54) is 0 Å². The Morgan fingerprint density at radius 2 is 2.10 bits per heavy atom. The van der Waals surface area contributed by atoms with E-state index in [-0.39, 0.29) is 0 Å². The number of anilines is 1. The second kappa shape index (κ2) is 5.35. The summed E-state index contributed by atoms with van der Waals surface area (Å²) in [5.74, 6) is 0.753. The van der Waals surface area contributed by atoms with E-state index < -0.39 is 0 Å². The Labute approximate surface area is 126 Å². The third-order valence-electron chi connectivity index (χ3n) is 3.10. The second-order valence-corrected chi connectivity index (χ2v) is 5.29. The summed E-state index contributed by atoms with van der Waals surface area (Å²) < 4.78 is 5.33. The number of nitrogens with zero attached hydrogens (tertiary/aromatic N) is 1. The Hall–Kier alpha value is -1.71. The SMILES string of the molecule is Cc1cc(Cl)c(NCc2ccc(Cl)o2)c2cccnc12. The molecule has 0 aliphatic rings. The summed E-state index contributed by atoms with van der Waals surface area (Å²) in [6, 6.07) is 9.35. The fourth-order valence-electron chi connectivity index (χ4n) is 2.18. The monoisotopic (exact) mass is 306 g/mol. The first-order valence-corrected chi connectivity index (χ1v) is 6.92. The maximum absolute atomic E-state index is 6.33. The van der Waals surface area contributed by atoms with E-state index in [4.69, 9.17) is 27.6 Å². The third kappa shape index (κ3) is 2.47. The van der Waals surface area contributed by atoms with Gasteiger partial charge in [-0.3, -0.25) is 4.98 Å². The fraction of sp³-hybridized carbons (Fsp3) is 0.133. The molecule has 2 aromatic heterocycles. The van der Waals surface area contributed by atoms with E-state index in [0.29, 0.717) is 16.8 Å². The van der Waals surface area contributed by atoms with Gasteiger partial charge in [0.15, 0.2) is 5.22 Å². The number of fused-ring (bicyclic) bond motifs is 1. The van der Waals surface area contributed by atoms with Gasteiger partial charge < -0.3 is 9.73 Å². The first-order chi connectivity index (χ1) is 9.65. The molecule has 0 aliphatic carbocycles. The summed E-state index contributed by atoms with van der Waals surface area (Å²) >= 11 is 12.1. The predicted octanol–water partition coefficient (Wildman–Crippen LogP) is 5.06. The van der Waals surface area contributed by atoms with Crippen LogP contribution in [-0.2, 0) is 6.54 Å². The molecule has 0 fully saturated rings. The van der Waals surface area contributed by atoms with E-state index in [9.17, 15) is 0 Å². The number of hydrogen-bond acceptors (Lipinski definition) is 3. The summed E-state index contributed by atoms with van der Waals surface area (Å²) in [5.41, 5.74) is 2.85. The van der Waals surface area contributed by atoms with Crippen molar-refractivity contribution in [1.29, 1.82) is 0 Å². The molecular weight excluding hydrogens is 295 g/mol. The maximum atomic E-state index is 6.33. The zero-order valence-corrected chi connectivity index (χ0v) is 12.3. The van der Waals surface area contributed by atoms with Gasteiger partial charge in [0.1, 0.15) is 5.76 Å². The van der Waals surface area contributed by atoms with Crippen LogP contribution in [0.5, 0.6) is 0 Å². The largest absolute Gasteiger partial charge is 0.448 e. The average Bonchev–Trinajstić information content (AvgIpc) is 2.84. The van der Waals surface area contributed by atoms with Crippen LogP contribution in [0, 0.1) is 6.92 Å². The normalized spacial score (nSPS) is 10.9. The Balaban J connectivity index is 1.98. The highest BCUT2D eigenvalue weighted by molar-refractivity contribution is 6.35. The third-order valence-corrected chi connectivity index (χ3v) is 3.60. The van der Waals surface area contributed by atoms with Crippen LogP contribution < -0.4 is 5.32 Å². The van der Waals surface area contributed by atoms with Gasteiger partial charge in [-0.15, -0.1) is 0 Å². The number of aryl methyl sites for hydroxylation is 1. The van der Waals surface area contributed by atoms with Gasteiger partial charge >= 0.3 is 0 Å². The Morgan fingerprint density at radius 1 is 1.25 bits per heavy atom. The molecule has 0 saturated carbocycles. The van der Waals surface area contributed by atoms with E-state index in [1.54, 1.807) is 12.3 Å². The molecule has 1 aromatic carbocycles. The fourth-order valence-corrected chi connectivity index (χ4v) is 2.68. The van der Waals surface area contributed by atoms with Crippen molar-refractivity contribution < 1.29 is 4.42 Å². The van der Waals surface area contributed by atoms with Crippen LogP contribution in [0.2, 0.25) is 10.2 Å². The van der Waals surface area contributed by atoms with Crippen LogP contribution in [0.1, 0.15) is 11.3 Å². The molecule has 102 valence electrons. The molecule has 3 aromatic rings. The molecule has 3 rings (SSSR count). The predicted molar refractivity (Wildman–Crippen MR) is 82.5 cm³/mol. The minimum atomic E-state index is 0.378. The van der Waals surface area contributed by atoms with Crippen molar-refractivity contribution in [2.45, 2.75) is 13.5 Å². The van der Waals surface area contributed by atoms with Crippen LogP contribution >= 0.6 is 23.2 Å². The van der Waals surface area contributed by atoms with Gasteiger partial charge in [-0.05, 0) is 54.4 Å². The van der Waals surface area contributed by atoms with Crippen LogP contribution in [0.3, 0.4) is 0 Å². The van der Waals surface area contributed by atoms with Crippen molar-refractivity contribution in [3.63, 3.8) is 0 Å². The molecule has 0 unspecified atom stereocenters. The number of aromatic nitrogens is 1. The van der Waals surface area contributed by atoms with Crippen molar-refractivity contribution >= 4 is 39.8 Å². The Bertz CT molecular complexity index is 768. The quantitative estimate of drug-likeness (QED) is 0.735. The molecule has 0 amide bonds. The van der Waals surface area contributed by atoms with Crippen LogP contribution in [0.4, 0.5) is 5.69 Å². The summed E-state index contributed by atoms with van der Waals surface area (Å²) in [4.78, 5) is 4.40. The maximum Gasteiger partial charge on any atom is 0.193 e. The number of halogens is 2. The Morgan fingerprint density at radius 3 is 2.85 bits per heavy atom. The molecule has 20 heavy (non-hydrogen) atoms. The molecule has 3 nitrogen and oxygen atoms in total. The number of benzene rings is 1. The first kappa shape index (κ1) is 13.3. The summed E-state index contributed by atoms with van der Waals surface area (Å²) in [5, 5.41) is 5.33. The molecule has 1 N–H and O–H groups in total. The lowest BCUT2D eigenvalue weighted by molar-refractivity contribution is 0.520.